The minimum absolute atomic E-state index is 0.0944. The number of urea groups is 1. The molecule has 10 nitrogen and oxygen atoms in total. The molecular weight excluding hydrogens is 510 g/mol. The molecule has 1 saturated heterocycles. The van der Waals surface area contributed by atoms with Crippen molar-refractivity contribution < 1.29 is 24.0 Å². The fourth-order valence-electron chi connectivity index (χ4n) is 6.82. The number of amides is 5. The molecule has 5 N–H and O–H groups in total. The maximum atomic E-state index is 14.1. The third kappa shape index (κ3) is 5.98. The van der Waals surface area contributed by atoms with Gasteiger partial charge in [0.25, 0.3) is 5.91 Å². The van der Waals surface area contributed by atoms with Crippen molar-refractivity contribution in [1.29, 1.82) is 0 Å². The molecule has 1 heterocycles. The standard InChI is InChI=1S/C30H45N5O5/c1-7-30(13-9-8-10-14-30)34-27(40)33-23(28(2,3)4)26(39)35-16-18-20(29(18,5)6)21(35)25(38)32-19(15-17-11-12-17)22(36)24(31)37/h1,17-21,23H,8-16H2,2-6H3,(H2,31,37)(H,32,38)(H2,33,34,40)/t18-,19?,20-,21-,23+/m0/s1. The van der Waals surface area contributed by atoms with Gasteiger partial charge in [0.05, 0.1) is 6.04 Å². The minimum Gasteiger partial charge on any atom is -0.363 e. The highest BCUT2D eigenvalue weighted by Gasteiger charge is 2.70. The van der Waals surface area contributed by atoms with Crippen molar-refractivity contribution in [2.45, 2.75) is 110 Å². The van der Waals surface area contributed by atoms with Crippen LogP contribution in [0.1, 0.15) is 86.0 Å². The molecule has 0 aromatic heterocycles. The van der Waals surface area contributed by atoms with Crippen LogP contribution in [0.5, 0.6) is 0 Å². The number of hydrogen-bond donors (Lipinski definition) is 4. The number of hydrogen-bond acceptors (Lipinski definition) is 5. The topological polar surface area (TPSA) is 151 Å². The molecule has 0 radical (unpaired) electrons. The highest BCUT2D eigenvalue weighted by atomic mass is 16.2. The van der Waals surface area contributed by atoms with Gasteiger partial charge in [0.1, 0.15) is 17.6 Å². The number of primary amides is 1. The summed E-state index contributed by atoms with van der Waals surface area (Å²) in [7, 11) is 0. The van der Waals surface area contributed by atoms with Gasteiger partial charge in [-0.2, -0.15) is 0 Å². The highest BCUT2D eigenvalue weighted by molar-refractivity contribution is 6.37. The predicted molar refractivity (Wildman–Crippen MR) is 149 cm³/mol. The van der Waals surface area contributed by atoms with Crippen LogP contribution >= 0.6 is 0 Å². The molecule has 1 aliphatic heterocycles. The summed E-state index contributed by atoms with van der Waals surface area (Å²) in [5.41, 5.74) is 3.72. The molecule has 3 saturated carbocycles. The average molecular weight is 556 g/mol. The summed E-state index contributed by atoms with van der Waals surface area (Å²) in [6.45, 7) is 10.1. The molecule has 1 unspecified atom stereocenters. The Morgan fingerprint density at radius 2 is 1.68 bits per heavy atom. The van der Waals surface area contributed by atoms with Gasteiger partial charge < -0.3 is 26.6 Å². The van der Waals surface area contributed by atoms with Gasteiger partial charge in [-0.1, -0.05) is 72.6 Å². The van der Waals surface area contributed by atoms with Crippen LogP contribution in [0, 0.1) is 40.9 Å². The van der Waals surface area contributed by atoms with E-state index in [1.54, 1.807) is 4.90 Å². The number of nitrogens with one attached hydrogen (secondary N) is 3. The van der Waals surface area contributed by atoms with Gasteiger partial charge in [0, 0.05) is 6.54 Å². The Morgan fingerprint density at radius 3 is 2.20 bits per heavy atom. The van der Waals surface area contributed by atoms with Crippen molar-refractivity contribution in [2.24, 2.45) is 34.3 Å². The molecule has 0 aromatic rings. The quantitative estimate of drug-likeness (QED) is 0.253. The zero-order valence-corrected chi connectivity index (χ0v) is 24.5. The Bertz CT molecular complexity index is 1110. The number of fused-ring (bicyclic) bond motifs is 1. The monoisotopic (exact) mass is 555 g/mol. The van der Waals surface area contributed by atoms with Crippen LogP contribution in [0.15, 0.2) is 0 Å². The van der Waals surface area contributed by atoms with Gasteiger partial charge in [-0.05, 0) is 47.8 Å². The van der Waals surface area contributed by atoms with Gasteiger partial charge in [0.2, 0.25) is 17.6 Å². The number of nitrogens with zero attached hydrogens (tertiary/aromatic N) is 1. The number of terminal acetylenes is 1. The first-order valence-corrected chi connectivity index (χ1v) is 14.6. The van der Waals surface area contributed by atoms with Crippen LogP contribution in [-0.4, -0.2) is 64.6 Å². The molecule has 220 valence electrons. The maximum absolute atomic E-state index is 14.1. The van der Waals surface area contributed by atoms with Crippen molar-refractivity contribution in [2.75, 3.05) is 6.54 Å². The van der Waals surface area contributed by atoms with E-state index in [0.29, 0.717) is 25.8 Å². The molecule has 5 atom stereocenters. The zero-order valence-electron chi connectivity index (χ0n) is 24.5. The lowest BCUT2D eigenvalue weighted by molar-refractivity contribution is -0.145. The van der Waals surface area contributed by atoms with E-state index >= 15 is 0 Å². The largest absolute Gasteiger partial charge is 0.363 e. The molecular formula is C30H45N5O5. The molecule has 5 amide bonds. The van der Waals surface area contributed by atoms with E-state index in [9.17, 15) is 24.0 Å². The third-order valence-electron chi connectivity index (χ3n) is 9.63. The van der Waals surface area contributed by atoms with Crippen LogP contribution in [-0.2, 0) is 19.2 Å². The molecule has 40 heavy (non-hydrogen) atoms. The number of carbonyl (C=O) groups excluding carboxylic acids is 5. The molecule has 0 spiro atoms. The number of Topliss-reactive ketones (excluding diaryl/α,β-unsaturated/α-hetero) is 1. The fraction of sp³-hybridized carbons (Fsp3) is 0.767. The lowest BCUT2D eigenvalue weighted by Crippen LogP contribution is -2.63. The summed E-state index contributed by atoms with van der Waals surface area (Å²) >= 11 is 0. The summed E-state index contributed by atoms with van der Waals surface area (Å²) in [5, 5.41) is 8.60. The molecule has 3 aliphatic carbocycles. The number of piperidine rings is 1. The summed E-state index contributed by atoms with van der Waals surface area (Å²) in [6.07, 6.45) is 12.3. The van der Waals surface area contributed by atoms with Gasteiger partial charge in [-0.3, -0.25) is 19.2 Å². The molecule has 4 aliphatic rings. The number of carbonyl (C=O) groups is 5. The van der Waals surface area contributed by atoms with Crippen LogP contribution in [0.2, 0.25) is 0 Å². The van der Waals surface area contributed by atoms with E-state index in [1.165, 1.54) is 0 Å². The molecule has 4 fully saturated rings. The first kappa shape index (κ1) is 29.9. The lowest BCUT2D eigenvalue weighted by Gasteiger charge is -2.39. The van der Waals surface area contributed by atoms with Crippen molar-refractivity contribution in [3.8, 4) is 12.3 Å². The number of likely N-dealkylation sites (tertiary alicyclic amines) is 1. The van der Waals surface area contributed by atoms with Crippen molar-refractivity contribution in [3.05, 3.63) is 0 Å². The molecule has 0 bridgehead atoms. The molecule has 0 aromatic carbocycles. The first-order chi connectivity index (χ1) is 18.6. The van der Waals surface area contributed by atoms with Gasteiger partial charge in [-0.25, -0.2) is 4.79 Å². The van der Waals surface area contributed by atoms with Gasteiger partial charge in [0.15, 0.2) is 0 Å². The van der Waals surface area contributed by atoms with E-state index in [-0.39, 0.29) is 29.1 Å². The lowest BCUT2D eigenvalue weighted by atomic mass is 9.82. The second-order valence-electron chi connectivity index (χ2n) is 14.0. The predicted octanol–water partition coefficient (Wildman–Crippen LogP) is 1.86. The van der Waals surface area contributed by atoms with Gasteiger partial charge in [-0.15, -0.1) is 6.42 Å². The minimum atomic E-state index is -1.08. The first-order valence-electron chi connectivity index (χ1n) is 14.6. The van der Waals surface area contributed by atoms with E-state index < -0.39 is 52.7 Å². The number of rotatable bonds is 9. The van der Waals surface area contributed by atoms with Crippen molar-refractivity contribution >= 4 is 29.5 Å². The zero-order chi connectivity index (χ0) is 29.6. The second kappa shape index (κ2) is 10.7. The Morgan fingerprint density at radius 1 is 1.05 bits per heavy atom. The summed E-state index contributed by atoms with van der Waals surface area (Å²) < 4.78 is 0. The SMILES string of the molecule is C#CC1(NC(=O)N[C@H](C(=O)N2C[C@H]3[C@@H]([C@H]2C(=O)NC(CC2CC2)C(=O)C(N)=O)C3(C)C)C(C)(C)C)CCCCC1. The summed E-state index contributed by atoms with van der Waals surface area (Å²) in [5.74, 6) is 0.324. The van der Waals surface area contributed by atoms with E-state index in [2.05, 4.69) is 35.7 Å². The van der Waals surface area contributed by atoms with Crippen molar-refractivity contribution in [1.82, 2.24) is 20.9 Å². The van der Waals surface area contributed by atoms with E-state index in [4.69, 9.17) is 12.2 Å². The Balaban J connectivity index is 1.53. The number of ketones is 1. The van der Waals surface area contributed by atoms with E-state index in [0.717, 1.165) is 32.1 Å². The molecule has 4 rings (SSSR count). The third-order valence-corrected chi connectivity index (χ3v) is 9.63. The van der Waals surface area contributed by atoms with Crippen molar-refractivity contribution in [3.63, 3.8) is 0 Å². The maximum Gasteiger partial charge on any atom is 0.316 e. The smallest absolute Gasteiger partial charge is 0.316 e. The van der Waals surface area contributed by atoms with E-state index in [1.807, 2.05) is 20.8 Å². The van der Waals surface area contributed by atoms with Crippen LogP contribution in [0.3, 0.4) is 0 Å². The second-order valence-corrected chi connectivity index (χ2v) is 14.0. The summed E-state index contributed by atoms with van der Waals surface area (Å²) in [6, 6.07) is -3.25. The fourth-order valence-corrected chi connectivity index (χ4v) is 6.82. The Hall–Kier alpha value is -3.09. The van der Waals surface area contributed by atoms with Gasteiger partial charge >= 0.3 is 6.03 Å². The number of nitrogens with two attached hydrogens (primary N) is 1. The highest BCUT2D eigenvalue weighted by Crippen LogP contribution is 2.65. The summed E-state index contributed by atoms with van der Waals surface area (Å²) in [4.78, 5) is 66.8. The van der Waals surface area contributed by atoms with Crippen LogP contribution < -0.4 is 21.7 Å². The normalized spacial score (nSPS) is 27.8. The Kier molecular flexibility index (Phi) is 8.00. The Labute approximate surface area is 237 Å². The van der Waals surface area contributed by atoms with Crippen LogP contribution in [0.4, 0.5) is 4.79 Å². The molecule has 10 heteroatoms. The average Bonchev–Trinajstić information content (AvgIpc) is 3.73. The van der Waals surface area contributed by atoms with Crippen LogP contribution in [0.25, 0.3) is 0 Å².